The topological polar surface area (TPSA) is 140 Å². The predicted octanol–water partition coefficient (Wildman–Crippen LogP) is 4.19. The van der Waals surface area contributed by atoms with Gasteiger partial charge in [-0.2, -0.15) is 0 Å². The molecule has 3 aromatic carbocycles. The van der Waals surface area contributed by atoms with Crippen molar-refractivity contribution < 1.29 is 29.3 Å². The van der Waals surface area contributed by atoms with Crippen LogP contribution in [0.25, 0.3) is 0 Å². The van der Waals surface area contributed by atoms with E-state index in [0.29, 0.717) is 6.42 Å². The number of aliphatic hydroxyl groups is 2. The standard InChI is InChI=1S/C35H43BrN4O6/c1-34(2,3)30(38-33(44)46-4)31(42)39-40(22-24-14-16-26(36)17-15-24)19-18-35(45,21-23-10-6-5-7-11-23)32(43)37-29-27-13-9-8-12-25(27)20-28(29)41/h5-17,28-30,41,45H,18-22H2,1-4H3,(H,37,43)(H,38,44)(H,39,42)/t28-,29+,30-,35+/m1/s1. The second-order valence-electron chi connectivity index (χ2n) is 12.8. The largest absolute Gasteiger partial charge is 0.453 e. The van der Waals surface area contributed by atoms with Crippen LogP contribution in [0.2, 0.25) is 0 Å². The Morgan fingerprint density at radius 3 is 2.28 bits per heavy atom. The number of methoxy groups -OCH3 is 1. The van der Waals surface area contributed by atoms with E-state index < -0.39 is 47.1 Å². The molecule has 1 aliphatic rings. The highest BCUT2D eigenvalue weighted by Crippen LogP contribution is 2.32. The van der Waals surface area contributed by atoms with Gasteiger partial charge < -0.3 is 25.6 Å². The lowest BCUT2D eigenvalue weighted by molar-refractivity contribution is -0.143. The van der Waals surface area contributed by atoms with Gasteiger partial charge in [0.15, 0.2) is 0 Å². The van der Waals surface area contributed by atoms with Crippen molar-refractivity contribution >= 4 is 33.8 Å². The summed E-state index contributed by atoms with van der Waals surface area (Å²) in [6, 6.07) is 22.7. The van der Waals surface area contributed by atoms with Crippen LogP contribution in [-0.2, 0) is 33.7 Å². The summed E-state index contributed by atoms with van der Waals surface area (Å²) in [5.41, 5.74) is 3.76. The summed E-state index contributed by atoms with van der Waals surface area (Å²) in [5, 5.41) is 30.1. The van der Waals surface area contributed by atoms with Gasteiger partial charge in [0.05, 0.1) is 19.3 Å². The molecule has 0 radical (unpaired) electrons. The number of amides is 3. The fraction of sp³-hybridized carbons (Fsp3) is 0.400. The molecule has 4 rings (SSSR count). The van der Waals surface area contributed by atoms with Crippen LogP contribution in [0.1, 0.15) is 55.5 Å². The minimum atomic E-state index is -1.89. The Hall–Kier alpha value is -3.77. The van der Waals surface area contributed by atoms with Gasteiger partial charge in [0.2, 0.25) is 0 Å². The van der Waals surface area contributed by atoms with E-state index in [1.165, 1.54) is 7.11 Å². The van der Waals surface area contributed by atoms with E-state index in [-0.39, 0.29) is 25.9 Å². The summed E-state index contributed by atoms with van der Waals surface area (Å²) < 4.78 is 5.65. The highest BCUT2D eigenvalue weighted by Gasteiger charge is 2.41. The SMILES string of the molecule is COC(=O)N[C@H](C(=O)NN(CC[C@](O)(Cc1ccccc1)C(=O)N[C@H]1c2ccccc2C[C@H]1O)Cc1ccc(Br)cc1)C(C)(C)C. The van der Waals surface area contributed by atoms with Crippen molar-refractivity contribution in [2.24, 2.45) is 5.41 Å². The molecule has 46 heavy (non-hydrogen) atoms. The first-order valence-electron chi connectivity index (χ1n) is 15.3. The first kappa shape index (κ1) is 35.1. The number of nitrogens with one attached hydrogen (secondary N) is 3. The third-order valence-electron chi connectivity index (χ3n) is 8.18. The molecule has 11 heteroatoms. The smallest absolute Gasteiger partial charge is 0.407 e. The number of carbonyl (C=O) groups excluding carboxylic acids is 3. The van der Waals surface area contributed by atoms with E-state index >= 15 is 0 Å². The van der Waals surface area contributed by atoms with E-state index in [9.17, 15) is 24.6 Å². The number of aliphatic hydroxyl groups excluding tert-OH is 1. The van der Waals surface area contributed by atoms with Crippen LogP contribution < -0.4 is 16.1 Å². The number of alkyl carbamates (subject to hydrolysis) is 1. The Bertz CT molecular complexity index is 1500. The van der Waals surface area contributed by atoms with Gasteiger partial charge in [-0.1, -0.05) is 103 Å². The van der Waals surface area contributed by atoms with Crippen LogP contribution in [0.3, 0.4) is 0 Å². The van der Waals surface area contributed by atoms with Gasteiger partial charge in [-0.25, -0.2) is 9.80 Å². The van der Waals surface area contributed by atoms with E-state index in [2.05, 4.69) is 32.0 Å². The fourth-order valence-electron chi connectivity index (χ4n) is 5.62. The number of ether oxygens (including phenoxy) is 1. The number of benzene rings is 3. The van der Waals surface area contributed by atoms with E-state index in [1.54, 1.807) is 5.01 Å². The highest BCUT2D eigenvalue weighted by molar-refractivity contribution is 9.10. The Morgan fingerprint density at radius 2 is 1.63 bits per heavy atom. The molecule has 0 bridgehead atoms. The van der Waals surface area contributed by atoms with Crippen molar-refractivity contribution in [1.29, 1.82) is 0 Å². The van der Waals surface area contributed by atoms with Crippen molar-refractivity contribution in [3.05, 3.63) is 106 Å². The summed E-state index contributed by atoms with van der Waals surface area (Å²) in [6.07, 6.45) is -1.20. The van der Waals surface area contributed by atoms with Crippen molar-refractivity contribution in [2.45, 2.75) is 70.4 Å². The third-order valence-corrected chi connectivity index (χ3v) is 8.71. The number of halogens is 1. The molecule has 0 saturated carbocycles. The lowest BCUT2D eigenvalue weighted by Crippen LogP contribution is -2.58. The maximum Gasteiger partial charge on any atom is 0.407 e. The lowest BCUT2D eigenvalue weighted by atomic mass is 9.86. The van der Waals surface area contributed by atoms with E-state index in [0.717, 1.165) is 26.7 Å². The summed E-state index contributed by atoms with van der Waals surface area (Å²) in [5.74, 6) is -1.09. The number of rotatable bonds is 12. The number of fused-ring (bicyclic) bond motifs is 1. The number of hydrazine groups is 1. The predicted molar refractivity (Wildman–Crippen MR) is 178 cm³/mol. The van der Waals surface area contributed by atoms with Gasteiger partial charge in [0.25, 0.3) is 11.8 Å². The average Bonchev–Trinajstić information content (AvgIpc) is 3.33. The summed E-state index contributed by atoms with van der Waals surface area (Å²) >= 11 is 3.45. The summed E-state index contributed by atoms with van der Waals surface area (Å²) in [4.78, 5) is 39.7. The second kappa shape index (κ2) is 15.2. The highest BCUT2D eigenvalue weighted by atomic mass is 79.9. The molecule has 0 saturated heterocycles. The monoisotopic (exact) mass is 694 g/mol. The molecule has 1 aliphatic carbocycles. The molecule has 0 aromatic heterocycles. The third kappa shape index (κ3) is 9.16. The quantitative estimate of drug-likeness (QED) is 0.179. The van der Waals surface area contributed by atoms with E-state index in [1.807, 2.05) is 99.6 Å². The summed E-state index contributed by atoms with van der Waals surface area (Å²) in [7, 11) is 1.23. The van der Waals surface area contributed by atoms with Crippen molar-refractivity contribution in [2.75, 3.05) is 13.7 Å². The van der Waals surface area contributed by atoms with Crippen LogP contribution in [0.15, 0.2) is 83.3 Å². The zero-order chi connectivity index (χ0) is 33.5. The Kier molecular flexibility index (Phi) is 11.6. The zero-order valence-electron chi connectivity index (χ0n) is 26.6. The van der Waals surface area contributed by atoms with E-state index in [4.69, 9.17) is 4.74 Å². The summed E-state index contributed by atoms with van der Waals surface area (Å²) in [6.45, 7) is 5.81. The van der Waals surface area contributed by atoms with Gasteiger partial charge in [-0.3, -0.25) is 15.0 Å². The van der Waals surface area contributed by atoms with Crippen molar-refractivity contribution in [3.8, 4) is 0 Å². The molecule has 4 atom stereocenters. The molecule has 246 valence electrons. The van der Waals surface area contributed by atoms with Gasteiger partial charge in [-0.15, -0.1) is 0 Å². The fourth-order valence-corrected chi connectivity index (χ4v) is 5.88. The van der Waals surface area contributed by atoms with Gasteiger partial charge >= 0.3 is 6.09 Å². The van der Waals surface area contributed by atoms with Crippen LogP contribution in [0.5, 0.6) is 0 Å². The van der Waals surface area contributed by atoms with Gasteiger partial charge in [0, 0.05) is 36.8 Å². The van der Waals surface area contributed by atoms with Gasteiger partial charge in [-0.05, 0) is 39.8 Å². The van der Waals surface area contributed by atoms with Crippen molar-refractivity contribution in [1.82, 2.24) is 21.1 Å². The maximum atomic E-state index is 14.0. The molecule has 0 spiro atoms. The Morgan fingerprint density at radius 1 is 0.978 bits per heavy atom. The van der Waals surface area contributed by atoms with Crippen LogP contribution in [-0.4, -0.2) is 64.5 Å². The molecule has 0 fully saturated rings. The van der Waals surface area contributed by atoms with Crippen molar-refractivity contribution in [3.63, 3.8) is 0 Å². The molecular weight excluding hydrogens is 652 g/mol. The number of nitrogens with zero attached hydrogens (tertiary/aromatic N) is 1. The average molecular weight is 696 g/mol. The number of hydrogen-bond donors (Lipinski definition) is 5. The first-order valence-corrected chi connectivity index (χ1v) is 16.1. The molecule has 0 heterocycles. The van der Waals surface area contributed by atoms with Crippen LogP contribution in [0, 0.1) is 5.41 Å². The van der Waals surface area contributed by atoms with Gasteiger partial charge in [0.1, 0.15) is 11.6 Å². The molecule has 3 amide bonds. The first-order chi connectivity index (χ1) is 21.8. The minimum Gasteiger partial charge on any atom is -0.453 e. The normalized spacial score (nSPS) is 17.8. The molecular formula is C35H43BrN4O6. The number of carbonyl (C=O) groups is 3. The van der Waals surface area contributed by atoms with Crippen LogP contribution in [0.4, 0.5) is 4.79 Å². The maximum absolute atomic E-state index is 14.0. The van der Waals surface area contributed by atoms with Crippen LogP contribution >= 0.6 is 15.9 Å². The number of hydrogen-bond acceptors (Lipinski definition) is 7. The molecule has 0 aliphatic heterocycles. The molecule has 10 nitrogen and oxygen atoms in total. The minimum absolute atomic E-state index is 0.0126. The molecule has 0 unspecified atom stereocenters. The molecule has 3 aromatic rings. The Balaban J connectivity index is 1.60. The second-order valence-corrected chi connectivity index (χ2v) is 13.7. The molecule has 5 N–H and O–H groups in total. The lowest BCUT2D eigenvalue weighted by Gasteiger charge is -2.35. The zero-order valence-corrected chi connectivity index (χ0v) is 28.2. The Labute approximate surface area is 278 Å².